The van der Waals surface area contributed by atoms with E-state index in [2.05, 4.69) is 4.98 Å². The second-order valence-electron chi connectivity index (χ2n) is 8.42. The second-order valence-corrected chi connectivity index (χ2v) is 8.42. The lowest BCUT2D eigenvalue weighted by molar-refractivity contribution is -0.137. The zero-order valence-electron chi connectivity index (χ0n) is 18.2. The average Bonchev–Trinajstić information content (AvgIpc) is 3.55. The predicted molar refractivity (Wildman–Crippen MR) is 119 cm³/mol. The summed E-state index contributed by atoms with van der Waals surface area (Å²) in [7, 11) is 1.51. The molecule has 0 bridgehead atoms. The van der Waals surface area contributed by atoms with Crippen molar-refractivity contribution in [3.05, 3.63) is 86.8 Å². The Labute approximate surface area is 191 Å². The van der Waals surface area contributed by atoms with Crippen molar-refractivity contribution >= 4 is 11.2 Å². The lowest BCUT2D eigenvalue weighted by Gasteiger charge is -2.13. The zero-order chi connectivity index (χ0) is 24.0. The summed E-state index contributed by atoms with van der Waals surface area (Å²) in [5, 5.41) is 0. The summed E-state index contributed by atoms with van der Waals surface area (Å²) >= 11 is 0. The van der Waals surface area contributed by atoms with Crippen LogP contribution in [0.5, 0.6) is 5.75 Å². The highest BCUT2D eigenvalue weighted by atomic mass is 19.4. The summed E-state index contributed by atoms with van der Waals surface area (Å²) in [5.41, 5.74) is -0.654. The van der Waals surface area contributed by atoms with Gasteiger partial charge in [0, 0.05) is 19.2 Å². The van der Waals surface area contributed by atoms with Crippen LogP contribution in [0.3, 0.4) is 0 Å². The first kappa shape index (κ1) is 22.0. The molecule has 4 aromatic rings. The predicted octanol–water partition coefficient (Wildman–Crippen LogP) is 3.83. The van der Waals surface area contributed by atoms with Crippen LogP contribution in [0.4, 0.5) is 13.2 Å². The van der Waals surface area contributed by atoms with Gasteiger partial charge in [0.2, 0.25) is 0 Å². The molecule has 0 spiro atoms. The fourth-order valence-corrected chi connectivity index (χ4v) is 4.04. The summed E-state index contributed by atoms with van der Waals surface area (Å²) in [6.07, 6.45) is -1.22. The van der Waals surface area contributed by atoms with E-state index in [1.807, 2.05) is 0 Å². The molecule has 5 rings (SSSR count). The molecular weight excluding hydrogens is 449 g/mol. The molecule has 1 aliphatic carbocycles. The quantitative estimate of drug-likeness (QED) is 0.430. The topological polar surface area (TPSA) is 71.1 Å². The standard InChI is InChI=1S/C24H21F3N4O3/c1-34-19-7-3-6-18(11-19)31-21-20(22(32)30(23(31)33)13-15-8-9-15)29(14-28-21)12-16-4-2-5-17(10-16)24(25,26)27/h2-7,10-11,14-15H,8-9,12-13H2,1H3. The smallest absolute Gasteiger partial charge is 0.416 e. The van der Waals surface area contributed by atoms with Crippen LogP contribution in [-0.2, 0) is 19.3 Å². The van der Waals surface area contributed by atoms with Crippen molar-refractivity contribution in [2.75, 3.05) is 7.11 Å². The molecule has 2 aromatic carbocycles. The number of ether oxygens (including phenoxy) is 1. The van der Waals surface area contributed by atoms with E-state index in [-0.39, 0.29) is 30.2 Å². The normalized spacial score (nSPS) is 14.0. The van der Waals surface area contributed by atoms with Crippen LogP contribution in [0.2, 0.25) is 0 Å². The van der Waals surface area contributed by atoms with Gasteiger partial charge in [0.25, 0.3) is 5.56 Å². The van der Waals surface area contributed by atoms with Crippen molar-refractivity contribution < 1.29 is 17.9 Å². The number of fused-ring (bicyclic) bond motifs is 1. The van der Waals surface area contributed by atoms with Gasteiger partial charge in [-0.15, -0.1) is 0 Å². The van der Waals surface area contributed by atoms with Gasteiger partial charge in [0.1, 0.15) is 5.75 Å². The monoisotopic (exact) mass is 470 g/mol. The molecule has 0 amide bonds. The first-order valence-corrected chi connectivity index (χ1v) is 10.8. The third-order valence-corrected chi connectivity index (χ3v) is 5.96. The van der Waals surface area contributed by atoms with Crippen molar-refractivity contribution in [2.45, 2.75) is 32.1 Å². The third-order valence-electron chi connectivity index (χ3n) is 5.96. The van der Waals surface area contributed by atoms with Crippen LogP contribution in [-0.4, -0.2) is 25.8 Å². The van der Waals surface area contributed by atoms with Gasteiger partial charge in [-0.25, -0.2) is 14.3 Å². The minimum absolute atomic E-state index is 0.00456. The maximum atomic E-state index is 13.4. The zero-order valence-corrected chi connectivity index (χ0v) is 18.2. The number of hydrogen-bond donors (Lipinski definition) is 0. The first-order chi connectivity index (χ1) is 16.3. The summed E-state index contributed by atoms with van der Waals surface area (Å²) in [4.78, 5) is 31.1. The Balaban J connectivity index is 1.70. The maximum absolute atomic E-state index is 13.4. The van der Waals surface area contributed by atoms with E-state index >= 15 is 0 Å². The molecule has 1 aliphatic rings. The number of methoxy groups -OCH3 is 1. The first-order valence-electron chi connectivity index (χ1n) is 10.8. The number of nitrogens with zero attached hydrogens (tertiary/aromatic N) is 4. The number of hydrogen-bond acceptors (Lipinski definition) is 4. The molecule has 0 saturated heterocycles. The molecule has 2 heterocycles. The number of benzene rings is 2. The van der Waals surface area contributed by atoms with Crippen LogP contribution in [0, 0.1) is 5.92 Å². The number of rotatable bonds is 6. The molecule has 1 fully saturated rings. The van der Waals surface area contributed by atoms with Crippen molar-refractivity contribution in [3.8, 4) is 11.4 Å². The van der Waals surface area contributed by atoms with Gasteiger partial charge in [-0.05, 0) is 48.6 Å². The third kappa shape index (κ3) is 4.00. The number of alkyl halides is 3. The molecule has 1 saturated carbocycles. The van der Waals surface area contributed by atoms with Crippen LogP contribution in [0.1, 0.15) is 24.0 Å². The number of imidazole rings is 1. The Kier molecular flexibility index (Phi) is 5.30. The van der Waals surface area contributed by atoms with Crippen LogP contribution in [0.15, 0.2) is 64.4 Å². The number of halogens is 3. The molecule has 0 N–H and O–H groups in total. The van der Waals surface area contributed by atoms with Crippen molar-refractivity contribution in [3.63, 3.8) is 0 Å². The molecule has 34 heavy (non-hydrogen) atoms. The molecule has 176 valence electrons. The maximum Gasteiger partial charge on any atom is 0.416 e. The van der Waals surface area contributed by atoms with E-state index in [0.29, 0.717) is 17.0 Å². The highest BCUT2D eigenvalue weighted by Crippen LogP contribution is 2.31. The molecule has 0 aliphatic heterocycles. The second kappa shape index (κ2) is 8.19. The summed E-state index contributed by atoms with van der Waals surface area (Å²) < 4.78 is 48.8. The van der Waals surface area contributed by atoms with Gasteiger partial charge in [-0.2, -0.15) is 13.2 Å². The Morgan fingerprint density at radius 3 is 2.56 bits per heavy atom. The minimum atomic E-state index is -4.48. The van der Waals surface area contributed by atoms with E-state index in [1.54, 1.807) is 30.3 Å². The molecule has 0 unspecified atom stereocenters. The Morgan fingerprint density at radius 1 is 1.09 bits per heavy atom. The molecule has 0 radical (unpaired) electrons. The highest BCUT2D eigenvalue weighted by Gasteiger charge is 2.30. The van der Waals surface area contributed by atoms with E-state index in [0.717, 1.165) is 25.0 Å². The number of aromatic nitrogens is 4. The minimum Gasteiger partial charge on any atom is -0.497 e. The molecule has 10 heteroatoms. The van der Waals surface area contributed by atoms with E-state index in [4.69, 9.17) is 4.74 Å². The SMILES string of the molecule is COc1cccc(-n2c(=O)n(CC3CC3)c(=O)c3c2ncn3Cc2cccc(C(F)(F)F)c2)c1. The van der Waals surface area contributed by atoms with Crippen LogP contribution in [0.25, 0.3) is 16.9 Å². The largest absolute Gasteiger partial charge is 0.497 e. The lowest BCUT2D eigenvalue weighted by Crippen LogP contribution is -2.40. The van der Waals surface area contributed by atoms with Crippen molar-refractivity contribution in [2.24, 2.45) is 5.92 Å². The summed E-state index contributed by atoms with van der Waals surface area (Å²) in [5.74, 6) is 0.780. The fraction of sp³-hybridized carbons (Fsp3) is 0.292. The van der Waals surface area contributed by atoms with Crippen LogP contribution < -0.4 is 16.0 Å². The fourth-order valence-electron chi connectivity index (χ4n) is 4.04. The van der Waals surface area contributed by atoms with Crippen molar-refractivity contribution in [1.29, 1.82) is 0 Å². The lowest BCUT2D eigenvalue weighted by atomic mass is 10.1. The van der Waals surface area contributed by atoms with E-state index in [1.165, 1.54) is 33.2 Å². The van der Waals surface area contributed by atoms with Gasteiger partial charge < -0.3 is 9.30 Å². The van der Waals surface area contributed by atoms with E-state index < -0.39 is 23.0 Å². The summed E-state index contributed by atoms with van der Waals surface area (Å²) in [6, 6.07) is 11.8. The van der Waals surface area contributed by atoms with Gasteiger partial charge >= 0.3 is 11.9 Å². The van der Waals surface area contributed by atoms with Crippen molar-refractivity contribution in [1.82, 2.24) is 18.7 Å². The van der Waals surface area contributed by atoms with E-state index in [9.17, 15) is 22.8 Å². The molecule has 0 atom stereocenters. The Bertz CT molecular complexity index is 1500. The highest BCUT2D eigenvalue weighted by molar-refractivity contribution is 5.72. The average molecular weight is 470 g/mol. The van der Waals surface area contributed by atoms with Gasteiger partial charge in [0.05, 0.1) is 24.7 Å². The Morgan fingerprint density at radius 2 is 1.85 bits per heavy atom. The van der Waals surface area contributed by atoms with Gasteiger partial charge in [0.15, 0.2) is 11.2 Å². The molecule has 2 aromatic heterocycles. The summed E-state index contributed by atoms with van der Waals surface area (Å²) in [6.45, 7) is 0.279. The molecule has 7 nitrogen and oxygen atoms in total. The van der Waals surface area contributed by atoms with Gasteiger partial charge in [-0.3, -0.25) is 9.36 Å². The van der Waals surface area contributed by atoms with Gasteiger partial charge in [-0.1, -0.05) is 18.2 Å². The Hall–Kier alpha value is -3.82. The van der Waals surface area contributed by atoms with Crippen LogP contribution >= 0.6 is 0 Å². The molecular formula is C24H21F3N4O3.